The summed E-state index contributed by atoms with van der Waals surface area (Å²) in [5.41, 5.74) is -0.0334. The van der Waals surface area contributed by atoms with Gasteiger partial charge in [-0.05, 0) is 33.2 Å². The Morgan fingerprint density at radius 2 is 2.27 bits per heavy atom. The van der Waals surface area contributed by atoms with Gasteiger partial charge in [0, 0.05) is 25.8 Å². The van der Waals surface area contributed by atoms with Gasteiger partial charge in [0.1, 0.15) is 0 Å². The molecule has 0 aromatic rings. The maximum atomic E-state index is 11.8. The predicted octanol–water partition coefficient (Wildman–Crippen LogP) is 0.623. The number of nitrogens with one attached hydrogen (secondary N) is 1. The van der Waals surface area contributed by atoms with E-state index in [0.29, 0.717) is 13.2 Å². The van der Waals surface area contributed by atoms with Crippen LogP contribution in [-0.2, 0) is 9.53 Å². The van der Waals surface area contributed by atoms with Crippen molar-refractivity contribution in [1.29, 1.82) is 0 Å². The molecule has 4 heteroatoms. The van der Waals surface area contributed by atoms with Gasteiger partial charge in [-0.25, -0.2) is 0 Å². The van der Waals surface area contributed by atoms with Crippen molar-refractivity contribution < 1.29 is 9.53 Å². The Kier molecular flexibility index (Phi) is 4.54. The summed E-state index contributed by atoms with van der Waals surface area (Å²) in [5, 5.41) is 3.15. The second-order valence-corrected chi connectivity index (χ2v) is 4.63. The van der Waals surface area contributed by atoms with Gasteiger partial charge in [0.25, 0.3) is 0 Å². The molecule has 1 aliphatic rings. The maximum Gasteiger partial charge on any atom is 0.236 e. The zero-order valence-corrected chi connectivity index (χ0v) is 10.0. The molecule has 0 aromatic carbocycles. The van der Waals surface area contributed by atoms with Gasteiger partial charge < -0.3 is 15.0 Å². The number of carbonyl (C=O) groups is 1. The fourth-order valence-corrected chi connectivity index (χ4v) is 1.95. The van der Waals surface area contributed by atoms with Crippen LogP contribution in [0.4, 0.5) is 0 Å². The monoisotopic (exact) mass is 214 g/mol. The van der Waals surface area contributed by atoms with Crippen LogP contribution in [0.2, 0.25) is 0 Å². The third kappa shape index (κ3) is 3.47. The number of carbonyl (C=O) groups excluding carboxylic acids is 1. The van der Waals surface area contributed by atoms with Crippen LogP contribution in [0.25, 0.3) is 0 Å². The number of ether oxygens (including phenoxy) is 1. The first kappa shape index (κ1) is 12.5. The lowest BCUT2D eigenvalue weighted by molar-refractivity contribution is -0.134. The highest BCUT2D eigenvalue weighted by molar-refractivity contribution is 5.79. The molecule has 1 amide bonds. The van der Waals surface area contributed by atoms with E-state index in [0.717, 1.165) is 25.9 Å². The molecule has 1 aliphatic heterocycles. The molecular weight excluding hydrogens is 192 g/mol. The van der Waals surface area contributed by atoms with E-state index >= 15 is 0 Å². The summed E-state index contributed by atoms with van der Waals surface area (Å²) in [6.45, 7) is 7.15. The SMILES string of the molecule is COCCCN1C(=O)CNCCC1(C)C. The molecule has 0 unspecified atom stereocenters. The minimum Gasteiger partial charge on any atom is -0.385 e. The van der Waals surface area contributed by atoms with E-state index in [-0.39, 0.29) is 11.4 Å². The second-order valence-electron chi connectivity index (χ2n) is 4.63. The minimum atomic E-state index is -0.0334. The normalized spacial score (nSPS) is 21.5. The summed E-state index contributed by atoms with van der Waals surface area (Å²) < 4.78 is 5.01. The summed E-state index contributed by atoms with van der Waals surface area (Å²) >= 11 is 0. The lowest BCUT2D eigenvalue weighted by Crippen LogP contribution is -2.48. The Morgan fingerprint density at radius 3 is 2.93 bits per heavy atom. The molecule has 0 saturated carbocycles. The van der Waals surface area contributed by atoms with Gasteiger partial charge in [-0.2, -0.15) is 0 Å². The topological polar surface area (TPSA) is 41.6 Å². The van der Waals surface area contributed by atoms with Crippen molar-refractivity contribution in [2.45, 2.75) is 32.2 Å². The van der Waals surface area contributed by atoms with E-state index < -0.39 is 0 Å². The fraction of sp³-hybridized carbons (Fsp3) is 0.909. The highest BCUT2D eigenvalue weighted by Crippen LogP contribution is 2.20. The minimum absolute atomic E-state index is 0.0334. The average Bonchev–Trinajstić information content (AvgIpc) is 2.29. The van der Waals surface area contributed by atoms with Crippen LogP contribution in [0.1, 0.15) is 26.7 Å². The van der Waals surface area contributed by atoms with Gasteiger partial charge in [-0.15, -0.1) is 0 Å². The van der Waals surface area contributed by atoms with Gasteiger partial charge in [-0.3, -0.25) is 4.79 Å². The number of methoxy groups -OCH3 is 1. The van der Waals surface area contributed by atoms with Crippen LogP contribution in [0.15, 0.2) is 0 Å². The zero-order valence-electron chi connectivity index (χ0n) is 10.0. The molecule has 0 bridgehead atoms. The maximum absolute atomic E-state index is 11.8. The van der Waals surface area contributed by atoms with Gasteiger partial charge >= 0.3 is 0 Å². The van der Waals surface area contributed by atoms with E-state index in [4.69, 9.17) is 4.74 Å². The van der Waals surface area contributed by atoms with E-state index in [2.05, 4.69) is 19.2 Å². The Morgan fingerprint density at radius 1 is 1.53 bits per heavy atom. The summed E-state index contributed by atoms with van der Waals surface area (Å²) in [6, 6.07) is 0. The fourth-order valence-electron chi connectivity index (χ4n) is 1.95. The second kappa shape index (κ2) is 5.47. The average molecular weight is 214 g/mol. The van der Waals surface area contributed by atoms with E-state index in [1.165, 1.54) is 0 Å². The third-order valence-corrected chi connectivity index (χ3v) is 2.95. The van der Waals surface area contributed by atoms with E-state index in [1.807, 2.05) is 4.90 Å². The number of rotatable bonds is 4. The molecule has 1 fully saturated rings. The molecule has 0 spiro atoms. The van der Waals surface area contributed by atoms with Gasteiger partial charge in [0.15, 0.2) is 0 Å². The highest BCUT2D eigenvalue weighted by atomic mass is 16.5. The molecule has 0 atom stereocenters. The Balaban J connectivity index is 2.56. The van der Waals surface area contributed by atoms with Crippen LogP contribution < -0.4 is 5.32 Å². The molecule has 1 rings (SSSR count). The van der Waals surface area contributed by atoms with Crippen molar-refractivity contribution in [2.24, 2.45) is 0 Å². The number of nitrogens with zero attached hydrogens (tertiary/aromatic N) is 1. The molecule has 15 heavy (non-hydrogen) atoms. The molecule has 0 radical (unpaired) electrons. The Labute approximate surface area is 92.0 Å². The molecule has 0 aliphatic carbocycles. The van der Waals surface area contributed by atoms with Crippen molar-refractivity contribution in [3.05, 3.63) is 0 Å². The van der Waals surface area contributed by atoms with Crippen LogP contribution in [0, 0.1) is 0 Å². The van der Waals surface area contributed by atoms with Gasteiger partial charge in [0.05, 0.1) is 6.54 Å². The summed E-state index contributed by atoms with van der Waals surface area (Å²) in [4.78, 5) is 13.8. The summed E-state index contributed by atoms with van der Waals surface area (Å²) in [5.74, 6) is 0.202. The lowest BCUT2D eigenvalue weighted by Gasteiger charge is -2.37. The van der Waals surface area contributed by atoms with Crippen molar-refractivity contribution in [3.8, 4) is 0 Å². The van der Waals surface area contributed by atoms with Crippen LogP contribution in [0.5, 0.6) is 0 Å². The largest absolute Gasteiger partial charge is 0.385 e. The molecule has 1 saturated heterocycles. The van der Waals surface area contributed by atoms with E-state index in [9.17, 15) is 4.79 Å². The molecule has 4 nitrogen and oxygen atoms in total. The standard InChI is InChI=1S/C11H22N2O2/c1-11(2)5-6-12-9-10(14)13(11)7-4-8-15-3/h12H,4-9H2,1-3H3. The molecule has 0 aromatic heterocycles. The predicted molar refractivity (Wildman–Crippen MR) is 59.8 cm³/mol. The molecule has 88 valence electrons. The Bertz CT molecular complexity index is 217. The van der Waals surface area contributed by atoms with Crippen molar-refractivity contribution >= 4 is 5.91 Å². The van der Waals surface area contributed by atoms with Crippen molar-refractivity contribution in [3.63, 3.8) is 0 Å². The van der Waals surface area contributed by atoms with Crippen LogP contribution in [-0.4, -0.2) is 49.7 Å². The summed E-state index contributed by atoms with van der Waals surface area (Å²) in [7, 11) is 1.69. The van der Waals surface area contributed by atoms with Crippen LogP contribution in [0.3, 0.4) is 0 Å². The number of hydrogen-bond donors (Lipinski definition) is 1. The first-order valence-corrected chi connectivity index (χ1v) is 5.58. The zero-order chi connectivity index (χ0) is 11.3. The van der Waals surface area contributed by atoms with Crippen molar-refractivity contribution in [2.75, 3.05) is 33.4 Å². The highest BCUT2D eigenvalue weighted by Gasteiger charge is 2.31. The molecular formula is C11H22N2O2. The van der Waals surface area contributed by atoms with Crippen LogP contribution >= 0.6 is 0 Å². The van der Waals surface area contributed by atoms with Gasteiger partial charge in [0.2, 0.25) is 5.91 Å². The molecule has 1 N–H and O–H groups in total. The lowest BCUT2D eigenvalue weighted by atomic mass is 9.98. The Hall–Kier alpha value is -0.610. The third-order valence-electron chi connectivity index (χ3n) is 2.95. The van der Waals surface area contributed by atoms with Gasteiger partial charge in [-0.1, -0.05) is 0 Å². The quantitative estimate of drug-likeness (QED) is 0.698. The number of amides is 1. The number of hydrogen-bond acceptors (Lipinski definition) is 3. The van der Waals surface area contributed by atoms with Crippen molar-refractivity contribution in [1.82, 2.24) is 10.2 Å². The molecule has 1 heterocycles. The van der Waals surface area contributed by atoms with E-state index in [1.54, 1.807) is 7.11 Å². The summed E-state index contributed by atoms with van der Waals surface area (Å²) in [6.07, 6.45) is 1.91. The smallest absolute Gasteiger partial charge is 0.236 e. The first-order valence-electron chi connectivity index (χ1n) is 5.58. The first-order chi connectivity index (χ1) is 7.08.